The second-order valence-electron chi connectivity index (χ2n) is 13.9. The summed E-state index contributed by atoms with van der Waals surface area (Å²) in [6.45, 7) is 12.0. The average Bonchev–Trinajstić information content (AvgIpc) is 3.38. The molecule has 2 fully saturated rings. The standard InChI is InChI=1S/C36H42F3N7O4Si.2H2S/c1-23(50-51(35(3,4)5,25-12-8-6-9-13-25)26-14-10-7-11-15-26)20-29-24(2)46(34(47)49-29)30-21-28(42-33(43-30)45-16-18-48-19-17-45)27-22-41-32(40)44-31(27)36(37,38)39;;/h6-15,21-24,29H,16-20H2,1-5H3,(H2,40,41,44);2*1H2/t23-,24-,29?;;/m0../s1. The maximum absolute atomic E-state index is 14.2. The molecule has 2 aliphatic heterocycles. The molecular formula is C36H46F3N7O4S2Si. The fraction of sp³-hybridized carbons (Fsp3) is 0.417. The lowest BCUT2D eigenvalue weighted by Crippen LogP contribution is -2.67. The summed E-state index contributed by atoms with van der Waals surface area (Å²) in [7, 11) is -2.90. The van der Waals surface area contributed by atoms with Crippen LogP contribution < -0.4 is 25.9 Å². The number of halogens is 3. The summed E-state index contributed by atoms with van der Waals surface area (Å²) >= 11 is 0. The molecule has 0 bridgehead atoms. The van der Waals surface area contributed by atoms with Crippen molar-refractivity contribution < 1.29 is 31.9 Å². The summed E-state index contributed by atoms with van der Waals surface area (Å²) in [6.07, 6.45) is -5.12. The van der Waals surface area contributed by atoms with Crippen LogP contribution in [0.4, 0.5) is 35.7 Å². The zero-order chi connectivity index (χ0) is 36.6. The molecule has 2 aliphatic rings. The number of anilines is 3. The Hall–Kier alpha value is -3.90. The molecule has 1 amide bonds. The van der Waals surface area contributed by atoms with Crippen molar-refractivity contribution in [3.63, 3.8) is 0 Å². The number of hydrogen-bond acceptors (Lipinski definition) is 10. The summed E-state index contributed by atoms with van der Waals surface area (Å²) in [5, 5.41) is 1.99. The number of aromatic nitrogens is 4. The van der Waals surface area contributed by atoms with Crippen LogP contribution in [-0.4, -0.2) is 78.9 Å². The van der Waals surface area contributed by atoms with Crippen molar-refractivity contribution in [1.29, 1.82) is 0 Å². The molecule has 11 nitrogen and oxygen atoms in total. The van der Waals surface area contributed by atoms with Crippen molar-refractivity contribution >= 4 is 69.5 Å². The number of carbonyl (C=O) groups is 1. The van der Waals surface area contributed by atoms with Crippen molar-refractivity contribution in [2.24, 2.45) is 0 Å². The molecule has 6 rings (SSSR count). The van der Waals surface area contributed by atoms with E-state index in [0.717, 1.165) is 16.6 Å². The average molecular weight is 790 g/mol. The lowest BCUT2D eigenvalue weighted by molar-refractivity contribution is -0.140. The van der Waals surface area contributed by atoms with E-state index in [9.17, 15) is 18.0 Å². The number of alkyl halides is 3. The maximum Gasteiger partial charge on any atom is 0.434 e. The maximum atomic E-state index is 14.2. The number of nitrogens with two attached hydrogens (primary N) is 1. The number of nitrogen functional groups attached to an aromatic ring is 1. The van der Waals surface area contributed by atoms with Crippen molar-refractivity contribution in [2.45, 2.75) is 70.5 Å². The molecule has 0 spiro atoms. The third-order valence-electron chi connectivity index (χ3n) is 9.35. The van der Waals surface area contributed by atoms with Crippen LogP contribution in [0.3, 0.4) is 0 Å². The largest absolute Gasteiger partial charge is 0.443 e. The first-order chi connectivity index (χ1) is 24.2. The summed E-state index contributed by atoms with van der Waals surface area (Å²) in [5.74, 6) is -0.294. The van der Waals surface area contributed by atoms with Gasteiger partial charge in [-0.3, -0.25) is 4.90 Å². The van der Waals surface area contributed by atoms with E-state index in [1.54, 1.807) is 4.90 Å². The topological polar surface area (TPSA) is 129 Å². The van der Waals surface area contributed by atoms with Crippen LogP contribution in [0.15, 0.2) is 72.9 Å². The first-order valence-corrected chi connectivity index (χ1v) is 18.8. The van der Waals surface area contributed by atoms with Gasteiger partial charge in [-0.15, -0.1) is 0 Å². The van der Waals surface area contributed by atoms with E-state index in [1.807, 2.05) is 50.2 Å². The summed E-state index contributed by atoms with van der Waals surface area (Å²) < 4.78 is 61.2. The Morgan fingerprint density at radius 3 is 2.09 bits per heavy atom. The minimum atomic E-state index is -4.84. The molecule has 53 heavy (non-hydrogen) atoms. The smallest absolute Gasteiger partial charge is 0.434 e. The number of morpholine rings is 1. The van der Waals surface area contributed by atoms with Crippen LogP contribution >= 0.6 is 27.0 Å². The van der Waals surface area contributed by atoms with Gasteiger partial charge in [0.25, 0.3) is 8.32 Å². The Labute approximate surface area is 322 Å². The van der Waals surface area contributed by atoms with Crippen molar-refractivity contribution in [1.82, 2.24) is 19.9 Å². The number of ether oxygens (including phenoxy) is 2. The normalized spacial score (nSPS) is 18.5. The van der Waals surface area contributed by atoms with Gasteiger partial charge in [0.2, 0.25) is 11.9 Å². The summed E-state index contributed by atoms with van der Waals surface area (Å²) in [6, 6.07) is 21.3. The minimum Gasteiger partial charge on any atom is -0.443 e. The Morgan fingerprint density at radius 1 is 0.962 bits per heavy atom. The van der Waals surface area contributed by atoms with Gasteiger partial charge in [-0.05, 0) is 29.3 Å². The Kier molecular flexibility index (Phi) is 13.1. The van der Waals surface area contributed by atoms with Crippen molar-refractivity contribution in [3.05, 3.63) is 78.6 Å². The van der Waals surface area contributed by atoms with Gasteiger partial charge in [0.05, 0.1) is 24.9 Å². The van der Waals surface area contributed by atoms with E-state index < -0.39 is 44.4 Å². The lowest BCUT2D eigenvalue weighted by atomic mass is 10.1. The Morgan fingerprint density at radius 2 is 1.55 bits per heavy atom. The number of carbonyl (C=O) groups excluding carboxylic acids is 1. The second kappa shape index (κ2) is 16.6. The molecule has 4 heterocycles. The summed E-state index contributed by atoms with van der Waals surface area (Å²) in [4.78, 5) is 33.3. The molecule has 4 aromatic rings. The predicted molar refractivity (Wildman–Crippen MR) is 211 cm³/mol. The zero-order valence-electron chi connectivity index (χ0n) is 30.2. The van der Waals surface area contributed by atoms with E-state index in [4.69, 9.17) is 19.6 Å². The Bertz CT molecular complexity index is 1810. The van der Waals surface area contributed by atoms with Gasteiger partial charge < -0.3 is 24.5 Å². The van der Waals surface area contributed by atoms with Gasteiger partial charge in [-0.1, -0.05) is 81.4 Å². The number of cyclic esters (lactones) is 1. The monoisotopic (exact) mass is 789 g/mol. The molecular weight excluding hydrogens is 744 g/mol. The minimum absolute atomic E-state index is 0. The van der Waals surface area contributed by atoms with Crippen molar-refractivity contribution in [2.75, 3.05) is 41.8 Å². The number of benzene rings is 2. The molecule has 0 radical (unpaired) electrons. The third kappa shape index (κ3) is 8.59. The third-order valence-corrected chi connectivity index (χ3v) is 14.5. The van der Waals surface area contributed by atoms with E-state index in [0.29, 0.717) is 32.7 Å². The predicted octanol–water partition coefficient (Wildman–Crippen LogP) is 5.67. The van der Waals surface area contributed by atoms with Crippen LogP contribution in [0.2, 0.25) is 5.04 Å². The molecule has 286 valence electrons. The summed E-state index contributed by atoms with van der Waals surface area (Å²) in [5.41, 5.74) is 3.80. The molecule has 2 aromatic carbocycles. The number of nitrogens with zero attached hydrogens (tertiary/aromatic N) is 6. The molecule has 2 N–H and O–H groups in total. The Balaban J connectivity index is 0.00000314. The van der Waals surface area contributed by atoms with E-state index in [-0.39, 0.29) is 61.2 Å². The van der Waals surface area contributed by atoms with E-state index in [2.05, 4.69) is 65.0 Å². The molecule has 0 aliphatic carbocycles. The van der Waals surface area contributed by atoms with Crippen LogP contribution in [0.1, 0.15) is 46.7 Å². The first kappa shape index (κ1) is 41.8. The quantitative estimate of drug-likeness (QED) is 0.212. The fourth-order valence-electron chi connectivity index (χ4n) is 6.92. The van der Waals surface area contributed by atoms with Gasteiger partial charge in [-0.25, -0.2) is 19.7 Å². The van der Waals surface area contributed by atoms with E-state index >= 15 is 0 Å². The van der Waals surface area contributed by atoms with Crippen molar-refractivity contribution in [3.8, 4) is 11.3 Å². The van der Waals surface area contributed by atoms with Gasteiger partial charge >= 0.3 is 12.3 Å². The number of amides is 1. The molecule has 0 saturated carbocycles. The number of hydrogen-bond donors (Lipinski definition) is 1. The first-order valence-electron chi connectivity index (χ1n) is 16.9. The molecule has 2 saturated heterocycles. The number of rotatable bonds is 9. The lowest BCUT2D eigenvalue weighted by Gasteiger charge is -2.45. The van der Waals surface area contributed by atoms with Gasteiger partial charge in [0.15, 0.2) is 5.69 Å². The molecule has 1 unspecified atom stereocenters. The fourth-order valence-corrected chi connectivity index (χ4v) is 11.6. The van der Waals surface area contributed by atoms with Gasteiger partial charge in [-0.2, -0.15) is 45.1 Å². The van der Waals surface area contributed by atoms with Crippen LogP contribution in [0, 0.1) is 0 Å². The molecule has 17 heteroatoms. The van der Waals surface area contributed by atoms with Gasteiger partial charge in [0.1, 0.15) is 11.9 Å². The van der Waals surface area contributed by atoms with Crippen LogP contribution in [0.5, 0.6) is 0 Å². The van der Waals surface area contributed by atoms with E-state index in [1.165, 1.54) is 11.0 Å². The molecule has 3 atom stereocenters. The highest BCUT2D eigenvalue weighted by Crippen LogP contribution is 2.40. The highest BCUT2D eigenvalue weighted by atomic mass is 32.1. The van der Waals surface area contributed by atoms with Crippen LogP contribution in [-0.2, 0) is 20.1 Å². The SMILES string of the molecule is C[C@@H](CC1OC(=O)N(c2cc(-c3cnc(N)nc3C(F)(F)F)nc(N3CCOCC3)n2)[C@H]1C)O[Si](c1ccccc1)(c1ccccc1)C(C)(C)C.S.S. The highest BCUT2D eigenvalue weighted by molar-refractivity contribution is 7.59. The zero-order valence-corrected chi connectivity index (χ0v) is 33.2. The second-order valence-corrected chi connectivity index (χ2v) is 18.1. The van der Waals surface area contributed by atoms with Crippen LogP contribution in [0.25, 0.3) is 11.3 Å². The molecule has 2 aromatic heterocycles. The van der Waals surface area contributed by atoms with Gasteiger partial charge in [0, 0.05) is 43.4 Å². The highest BCUT2D eigenvalue weighted by Gasteiger charge is 2.52.